The van der Waals surface area contributed by atoms with Gasteiger partial charge >= 0.3 is 0 Å². The molecule has 90 valence electrons. The minimum Gasteiger partial charge on any atom is -0.356 e. The van der Waals surface area contributed by atoms with Gasteiger partial charge in [-0.1, -0.05) is 11.6 Å². The van der Waals surface area contributed by atoms with Gasteiger partial charge in [0, 0.05) is 18.1 Å². The second kappa shape index (κ2) is 4.94. The fourth-order valence-electron chi connectivity index (χ4n) is 1.55. The van der Waals surface area contributed by atoms with E-state index in [1.54, 1.807) is 35.5 Å². The van der Waals surface area contributed by atoms with Crippen LogP contribution in [-0.4, -0.2) is 22.8 Å². The summed E-state index contributed by atoms with van der Waals surface area (Å²) in [6, 6.07) is 3.70. The minimum absolute atomic E-state index is 0.0512. The highest BCUT2D eigenvalue weighted by molar-refractivity contribution is 7.10. The van der Waals surface area contributed by atoms with Gasteiger partial charge in [-0.2, -0.15) is 0 Å². The quantitative estimate of drug-likeness (QED) is 0.911. The zero-order chi connectivity index (χ0) is 12.4. The number of H-pyrrole nitrogens is 1. The zero-order valence-electron chi connectivity index (χ0n) is 9.66. The van der Waals surface area contributed by atoms with E-state index in [9.17, 15) is 4.79 Å². The van der Waals surface area contributed by atoms with Crippen LogP contribution < -0.4 is 0 Å². The molecule has 2 heterocycles. The van der Waals surface area contributed by atoms with Crippen LogP contribution in [-0.2, 0) is 6.54 Å². The van der Waals surface area contributed by atoms with Gasteiger partial charge in [-0.25, -0.2) is 0 Å². The first-order chi connectivity index (χ1) is 8.08. The number of carbonyl (C=O) groups is 1. The van der Waals surface area contributed by atoms with E-state index in [1.807, 2.05) is 5.38 Å². The van der Waals surface area contributed by atoms with Gasteiger partial charge in [-0.05, 0) is 30.0 Å². The number of aromatic nitrogens is 1. The van der Waals surface area contributed by atoms with Gasteiger partial charge in [0.05, 0.1) is 11.6 Å². The Bertz CT molecular complexity index is 532. The molecule has 0 saturated carbocycles. The largest absolute Gasteiger partial charge is 0.356 e. The number of aromatic amines is 1. The number of hydrogen-bond acceptors (Lipinski definition) is 2. The highest BCUT2D eigenvalue weighted by Crippen LogP contribution is 2.18. The fraction of sp³-hybridized carbons (Fsp3) is 0.250. The van der Waals surface area contributed by atoms with Crippen molar-refractivity contribution in [3.8, 4) is 0 Å². The van der Waals surface area contributed by atoms with Crippen molar-refractivity contribution in [1.82, 2.24) is 9.88 Å². The van der Waals surface area contributed by atoms with Crippen molar-refractivity contribution >= 4 is 28.8 Å². The van der Waals surface area contributed by atoms with E-state index in [0.717, 1.165) is 0 Å². The lowest BCUT2D eigenvalue weighted by atomic mass is 10.2. The van der Waals surface area contributed by atoms with Crippen LogP contribution in [0.4, 0.5) is 0 Å². The number of hydrogen-bond donors (Lipinski definition) is 1. The summed E-state index contributed by atoms with van der Waals surface area (Å²) in [5, 5.41) is 2.59. The highest BCUT2D eigenvalue weighted by Gasteiger charge is 2.14. The maximum atomic E-state index is 12.0. The van der Waals surface area contributed by atoms with Crippen LogP contribution in [0, 0.1) is 6.92 Å². The number of nitrogens with zero attached hydrogens (tertiary/aromatic N) is 1. The Morgan fingerprint density at radius 2 is 2.35 bits per heavy atom. The lowest BCUT2D eigenvalue weighted by Gasteiger charge is -2.15. The average Bonchev–Trinajstić information content (AvgIpc) is 2.88. The minimum atomic E-state index is -0.0512. The maximum absolute atomic E-state index is 12.0. The molecule has 2 aromatic rings. The smallest absolute Gasteiger partial charge is 0.270 e. The van der Waals surface area contributed by atoms with Gasteiger partial charge in [0.15, 0.2) is 0 Å². The van der Waals surface area contributed by atoms with Crippen LogP contribution in [0.15, 0.2) is 23.7 Å². The molecular formula is C12H13ClN2OS. The zero-order valence-corrected chi connectivity index (χ0v) is 11.2. The third-order valence-corrected chi connectivity index (χ3v) is 3.80. The van der Waals surface area contributed by atoms with Gasteiger partial charge in [-0.15, -0.1) is 11.3 Å². The van der Waals surface area contributed by atoms with Gasteiger partial charge in [0.1, 0.15) is 5.69 Å². The maximum Gasteiger partial charge on any atom is 0.270 e. The molecular weight excluding hydrogens is 256 g/mol. The topological polar surface area (TPSA) is 36.1 Å². The van der Waals surface area contributed by atoms with E-state index in [4.69, 9.17) is 11.6 Å². The van der Waals surface area contributed by atoms with Crippen LogP contribution >= 0.6 is 22.9 Å². The molecule has 2 rings (SSSR count). The Hall–Kier alpha value is -1.26. The third kappa shape index (κ3) is 2.70. The first-order valence-electron chi connectivity index (χ1n) is 5.20. The Kier molecular flexibility index (Phi) is 3.54. The summed E-state index contributed by atoms with van der Waals surface area (Å²) in [6.45, 7) is 2.68. The summed E-state index contributed by atoms with van der Waals surface area (Å²) in [4.78, 5) is 17.8. The Balaban J connectivity index is 2.08. The molecule has 17 heavy (non-hydrogen) atoms. The number of halogens is 1. The van der Waals surface area contributed by atoms with Gasteiger partial charge in [0.2, 0.25) is 0 Å². The molecule has 2 aromatic heterocycles. The summed E-state index contributed by atoms with van der Waals surface area (Å²) in [6.07, 6.45) is 1.61. The molecule has 0 atom stereocenters. The van der Waals surface area contributed by atoms with E-state index < -0.39 is 0 Å². The molecule has 0 aliphatic heterocycles. The van der Waals surface area contributed by atoms with E-state index in [1.165, 1.54) is 10.4 Å². The van der Waals surface area contributed by atoms with E-state index in [2.05, 4.69) is 18.0 Å². The molecule has 1 amide bonds. The predicted octanol–water partition coefficient (Wildman–Crippen LogP) is 3.31. The molecule has 0 bridgehead atoms. The lowest BCUT2D eigenvalue weighted by molar-refractivity contribution is 0.0781. The van der Waals surface area contributed by atoms with Crippen LogP contribution in [0.1, 0.15) is 20.9 Å². The standard InChI is InChI=1S/C12H13ClN2OS/c1-8-3-4-17-11(8)7-15(2)12(16)10-5-9(13)6-14-10/h3-6,14H,7H2,1-2H3. The van der Waals surface area contributed by atoms with Gasteiger partial charge < -0.3 is 9.88 Å². The van der Waals surface area contributed by atoms with Crippen molar-refractivity contribution in [2.45, 2.75) is 13.5 Å². The molecule has 0 spiro atoms. The average molecular weight is 269 g/mol. The molecule has 0 fully saturated rings. The Labute approximate surface area is 109 Å². The van der Waals surface area contributed by atoms with Crippen molar-refractivity contribution in [3.05, 3.63) is 44.9 Å². The van der Waals surface area contributed by atoms with E-state index in [-0.39, 0.29) is 5.91 Å². The molecule has 0 aromatic carbocycles. The van der Waals surface area contributed by atoms with Crippen molar-refractivity contribution in [2.24, 2.45) is 0 Å². The summed E-state index contributed by atoms with van der Waals surface area (Å²) in [7, 11) is 1.79. The highest BCUT2D eigenvalue weighted by atomic mass is 35.5. The van der Waals surface area contributed by atoms with Crippen molar-refractivity contribution in [1.29, 1.82) is 0 Å². The molecule has 0 aliphatic carbocycles. The first kappa shape index (κ1) is 12.2. The first-order valence-corrected chi connectivity index (χ1v) is 6.46. The van der Waals surface area contributed by atoms with Crippen molar-refractivity contribution < 1.29 is 4.79 Å². The monoisotopic (exact) mass is 268 g/mol. The third-order valence-electron chi connectivity index (χ3n) is 2.57. The summed E-state index contributed by atoms with van der Waals surface area (Å²) in [5.74, 6) is -0.0512. The van der Waals surface area contributed by atoms with Gasteiger partial charge in [0.25, 0.3) is 5.91 Å². The molecule has 0 unspecified atom stereocenters. The Morgan fingerprint density at radius 3 is 2.88 bits per heavy atom. The number of nitrogens with one attached hydrogen (secondary N) is 1. The van der Waals surface area contributed by atoms with Crippen LogP contribution in [0.25, 0.3) is 0 Å². The van der Waals surface area contributed by atoms with Crippen LogP contribution in [0.2, 0.25) is 5.02 Å². The second-order valence-electron chi connectivity index (χ2n) is 3.92. The fourth-order valence-corrected chi connectivity index (χ4v) is 2.67. The molecule has 3 nitrogen and oxygen atoms in total. The number of aryl methyl sites for hydroxylation is 1. The number of amides is 1. The molecule has 1 N–H and O–H groups in total. The number of thiophene rings is 1. The molecule has 5 heteroatoms. The Morgan fingerprint density at radius 1 is 1.59 bits per heavy atom. The number of carbonyl (C=O) groups excluding carboxylic acids is 1. The summed E-state index contributed by atoms with van der Waals surface area (Å²) >= 11 is 7.44. The normalized spacial score (nSPS) is 10.5. The van der Waals surface area contributed by atoms with Crippen molar-refractivity contribution in [2.75, 3.05) is 7.05 Å². The number of rotatable bonds is 3. The van der Waals surface area contributed by atoms with Gasteiger partial charge in [-0.3, -0.25) is 4.79 Å². The van der Waals surface area contributed by atoms with E-state index >= 15 is 0 Å². The summed E-state index contributed by atoms with van der Waals surface area (Å²) < 4.78 is 0. The van der Waals surface area contributed by atoms with E-state index in [0.29, 0.717) is 17.3 Å². The van der Waals surface area contributed by atoms with Crippen LogP contribution in [0.3, 0.4) is 0 Å². The molecule has 0 aliphatic rings. The predicted molar refractivity (Wildman–Crippen MR) is 70.7 cm³/mol. The molecule has 0 saturated heterocycles. The second-order valence-corrected chi connectivity index (χ2v) is 5.36. The summed E-state index contributed by atoms with van der Waals surface area (Å²) in [5.41, 5.74) is 1.74. The van der Waals surface area contributed by atoms with Crippen LogP contribution in [0.5, 0.6) is 0 Å². The van der Waals surface area contributed by atoms with Crippen molar-refractivity contribution in [3.63, 3.8) is 0 Å². The lowest BCUT2D eigenvalue weighted by Crippen LogP contribution is -2.26. The molecule has 0 radical (unpaired) electrons. The SMILES string of the molecule is Cc1ccsc1CN(C)C(=O)c1cc(Cl)c[nH]1.